The summed E-state index contributed by atoms with van der Waals surface area (Å²) in [7, 11) is 0. The van der Waals surface area contributed by atoms with Crippen molar-refractivity contribution in [1.82, 2.24) is 4.98 Å². The van der Waals surface area contributed by atoms with Gasteiger partial charge in [-0.3, -0.25) is 4.98 Å². The summed E-state index contributed by atoms with van der Waals surface area (Å²) in [6.45, 7) is 2.23. The first kappa shape index (κ1) is 11.9. The van der Waals surface area contributed by atoms with Crippen LogP contribution in [0.15, 0.2) is 42.6 Å². The van der Waals surface area contributed by atoms with Gasteiger partial charge in [0.25, 0.3) is 0 Å². The van der Waals surface area contributed by atoms with Gasteiger partial charge in [-0.2, -0.15) is 0 Å². The summed E-state index contributed by atoms with van der Waals surface area (Å²) < 4.78 is 1.35. The topological polar surface area (TPSA) is 12.9 Å². The van der Waals surface area contributed by atoms with Crippen molar-refractivity contribution >= 4 is 44.3 Å². The number of benzene rings is 2. The van der Waals surface area contributed by atoms with Crippen molar-refractivity contribution in [2.45, 2.75) is 19.8 Å². The first-order valence-electron chi connectivity index (χ1n) is 6.26. The van der Waals surface area contributed by atoms with Gasteiger partial charge in [0.15, 0.2) is 0 Å². The number of nitrogens with zero attached hydrogens (tertiary/aromatic N) is 1. The molecule has 0 atom stereocenters. The first-order chi connectivity index (χ1) is 8.81. The Hall–Kier alpha value is -1.16. The van der Waals surface area contributed by atoms with Gasteiger partial charge in [-0.05, 0) is 52.1 Å². The molecule has 0 aliphatic carbocycles. The van der Waals surface area contributed by atoms with Crippen LogP contribution in [0.1, 0.15) is 18.9 Å². The smallest absolute Gasteiger partial charge is 0.0711 e. The molecule has 0 radical (unpaired) electrons. The van der Waals surface area contributed by atoms with Gasteiger partial charge in [0, 0.05) is 20.5 Å². The van der Waals surface area contributed by atoms with Crippen LogP contribution in [0.5, 0.6) is 0 Å². The molecule has 0 saturated carbocycles. The zero-order valence-electron chi connectivity index (χ0n) is 10.3. The van der Waals surface area contributed by atoms with Crippen LogP contribution < -0.4 is 0 Å². The van der Waals surface area contributed by atoms with Crippen LogP contribution in [0.25, 0.3) is 21.7 Å². The average Bonchev–Trinajstić information content (AvgIpc) is 2.41. The van der Waals surface area contributed by atoms with Crippen LogP contribution in [0.2, 0.25) is 0 Å². The summed E-state index contributed by atoms with van der Waals surface area (Å²) in [4.78, 5) is 4.59. The predicted molar refractivity (Wildman–Crippen MR) is 86.0 cm³/mol. The average molecular weight is 347 g/mol. The van der Waals surface area contributed by atoms with Crippen molar-refractivity contribution in [3.63, 3.8) is 0 Å². The minimum Gasteiger partial charge on any atom is -0.256 e. The molecular weight excluding hydrogens is 333 g/mol. The Balaban J connectivity index is 2.49. The monoisotopic (exact) mass is 347 g/mol. The maximum absolute atomic E-state index is 4.59. The molecule has 1 aromatic heterocycles. The van der Waals surface area contributed by atoms with Crippen LogP contribution in [0.3, 0.4) is 0 Å². The van der Waals surface area contributed by atoms with E-state index >= 15 is 0 Å². The number of hydrogen-bond acceptors (Lipinski definition) is 1. The van der Waals surface area contributed by atoms with E-state index in [1.54, 1.807) is 0 Å². The molecule has 1 heterocycles. The Bertz CT molecular complexity index is 719. The second-order valence-electron chi connectivity index (χ2n) is 4.52. The number of aryl methyl sites for hydroxylation is 1. The van der Waals surface area contributed by atoms with E-state index in [2.05, 4.69) is 70.9 Å². The molecule has 0 aliphatic rings. The highest BCUT2D eigenvalue weighted by molar-refractivity contribution is 14.1. The highest BCUT2D eigenvalue weighted by atomic mass is 127. The molecule has 2 heteroatoms. The zero-order chi connectivity index (χ0) is 12.5. The molecule has 0 N–H and O–H groups in total. The Morgan fingerprint density at radius 1 is 1.11 bits per heavy atom. The van der Waals surface area contributed by atoms with E-state index in [9.17, 15) is 0 Å². The molecule has 18 heavy (non-hydrogen) atoms. The predicted octanol–water partition coefficient (Wildman–Crippen LogP) is 4.95. The van der Waals surface area contributed by atoms with E-state index in [1.165, 1.54) is 31.7 Å². The lowest BCUT2D eigenvalue weighted by molar-refractivity contribution is 0.925. The Morgan fingerprint density at radius 3 is 2.78 bits per heavy atom. The van der Waals surface area contributed by atoms with Gasteiger partial charge in [0.1, 0.15) is 0 Å². The van der Waals surface area contributed by atoms with Crippen molar-refractivity contribution in [3.05, 3.63) is 51.7 Å². The van der Waals surface area contributed by atoms with Crippen molar-refractivity contribution in [1.29, 1.82) is 0 Å². The van der Waals surface area contributed by atoms with Crippen molar-refractivity contribution in [3.8, 4) is 0 Å². The number of pyridine rings is 1. The third-order valence-corrected chi connectivity index (χ3v) is 4.32. The van der Waals surface area contributed by atoms with Crippen LogP contribution in [-0.4, -0.2) is 4.98 Å². The molecule has 0 fully saturated rings. The van der Waals surface area contributed by atoms with Crippen molar-refractivity contribution in [2.24, 2.45) is 0 Å². The molecule has 1 nitrogen and oxygen atoms in total. The lowest BCUT2D eigenvalue weighted by Gasteiger charge is -2.10. The number of rotatable bonds is 2. The highest BCUT2D eigenvalue weighted by Crippen LogP contribution is 2.30. The largest absolute Gasteiger partial charge is 0.256 e. The van der Waals surface area contributed by atoms with E-state index in [4.69, 9.17) is 0 Å². The Kier molecular flexibility index (Phi) is 3.20. The SMILES string of the molecule is CCCc1c(I)ccc2ncc3ccccc3c12. The third-order valence-electron chi connectivity index (χ3n) is 3.31. The van der Waals surface area contributed by atoms with Gasteiger partial charge in [-0.1, -0.05) is 37.6 Å². The van der Waals surface area contributed by atoms with E-state index in [-0.39, 0.29) is 0 Å². The second kappa shape index (κ2) is 4.84. The lowest BCUT2D eigenvalue weighted by Crippen LogP contribution is -1.93. The number of halogens is 1. The fourth-order valence-electron chi connectivity index (χ4n) is 2.49. The van der Waals surface area contributed by atoms with Crippen molar-refractivity contribution < 1.29 is 0 Å². The summed E-state index contributed by atoms with van der Waals surface area (Å²) in [6.07, 6.45) is 4.25. The van der Waals surface area contributed by atoms with Gasteiger partial charge < -0.3 is 0 Å². The molecule has 90 valence electrons. The maximum Gasteiger partial charge on any atom is 0.0711 e. The van der Waals surface area contributed by atoms with Crippen molar-refractivity contribution in [2.75, 3.05) is 0 Å². The van der Waals surface area contributed by atoms with E-state index in [0.717, 1.165) is 11.9 Å². The number of fused-ring (bicyclic) bond motifs is 3. The van der Waals surface area contributed by atoms with Gasteiger partial charge in [-0.25, -0.2) is 0 Å². The summed E-state index contributed by atoms with van der Waals surface area (Å²) in [5.74, 6) is 0. The van der Waals surface area contributed by atoms with Gasteiger partial charge in [0.05, 0.1) is 5.52 Å². The van der Waals surface area contributed by atoms with Gasteiger partial charge >= 0.3 is 0 Å². The molecule has 0 unspecified atom stereocenters. The fourth-order valence-corrected chi connectivity index (χ4v) is 3.21. The minimum atomic E-state index is 1.11. The molecule has 0 aliphatic heterocycles. The fraction of sp³-hybridized carbons (Fsp3) is 0.188. The van der Waals surface area contributed by atoms with Crippen LogP contribution in [0, 0.1) is 3.57 Å². The van der Waals surface area contributed by atoms with Crippen LogP contribution >= 0.6 is 22.6 Å². The molecule has 0 amide bonds. The number of hydrogen-bond donors (Lipinski definition) is 0. The maximum atomic E-state index is 4.59. The van der Waals surface area contributed by atoms with Gasteiger partial charge in [-0.15, -0.1) is 0 Å². The van der Waals surface area contributed by atoms with Gasteiger partial charge in [0.2, 0.25) is 0 Å². The van der Waals surface area contributed by atoms with E-state index in [0.29, 0.717) is 0 Å². The van der Waals surface area contributed by atoms with Crippen LogP contribution in [0.4, 0.5) is 0 Å². The number of aromatic nitrogens is 1. The summed E-state index contributed by atoms with van der Waals surface area (Å²) in [6, 6.07) is 12.8. The quantitative estimate of drug-likeness (QED) is 0.472. The summed E-state index contributed by atoms with van der Waals surface area (Å²) in [5, 5.41) is 3.88. The zero-order valence-corrected chi connectivity index (χ0v) is 12.4. The minimum absolute atomic E-state index is 1.11. The van der Waals surface area contributed by atoms with E-state index in [1.807, 2.05) is 6.20 Å². The Morgan fingerprint density at radius 2 is 1.94 bits per heavy atom. The molecule has 0 bridgehead atoms. The normalized spacial score (nSPS) is 11.2. The molecule has 0 spiro atoms. The summed E-state index contributed by atoms with van der Waals surface area (Å²) in [5.41, 5.74) is 2.55. The molecule has 2 aromatic carbocycles. The summed E-state index contributed by atoms with van der Waals surface area (Å²) >= 11 is 2.44. The Labute approximate surface area is 120 Å². The molecular formula is C16H14IN. The molecule has 0 saturated heterocycles. The first-order valence-corrected chi connectivity index (χ1v) is 7.34. The highest BCUT2D eigenvalue weighted by Gasteiger charge is 2.09. The van der Waals surface area contributed by atoms with Crippen LogP contribution in [-0.2, 0) is 6.42 Å². The molecule has 3 rings (SSSR count). The molecule has 3 aromatic rings. The third kappa shape index (κ3) is 1.88. The van der Waals surface area contributed by atoms with E-state index < -0.39 is 0 Å². The lowest BCUT2D eigenvalue weighted by atomic mass is 9.99. The standard InChI is InChI=1S/C16H14IN/c1-2-5-13-14(17)8-9-15-16(13)12-7-4-3-6-11(12)10-18-15/h3-4,6-10H,2,5H2,1H3. The second-order valence-corrected chi connectivity index (χ2v) is 5.68.